The van der Waals surface area contributed by atoms with E-state index in [1.54, 1.807) is 26.0 Å². The van der Waals surface area contributed by atoms with Gasteiger partial charge in [0.15, 0.2) is 5.82 Å². The molecule has 2 rings (SSSR count). The minimum absolute atomic E-state index is 0.154. The van der Waals surface area contributed by atoms with Gasteiger partial charge in [0.2, 0.25) is 5.89 Å². The maximum absolute atomic E-state index is 11.9. The molecule has 0 saturated heterocycles. The number of carbonyl (C=O) groups excluding carboxylic acids is 1. The molecule has 1 aromatic heterocycles. The Morgan fingerprint density at radius 2 is 1.94 bits per heavy atom. The molecule has 1 aromatic carbocycles. The number of hydrogen-bond acceptors (Lipinski definition) is 4. The van der Waals surface area contributed by atoms with Gasteiger partial charge < -0.3 is 9.84 Å². The number of amides is 1. The zero-order chi connectivity index (χ0) is 13.1. The molecule has 0 radical (unpaired) electrons. The Hall–Kier alpha value is -2.17. The van der Waals surface area contributed by atoms with E-state index in [0.717, 1.165) is 5.56 Å². The Morgan fingerprint density at radius 1 is 1.28 bits per heavy atom. The van der Waals surface area contributed by atoms with E-state index >= 15 is 0 Å². The molecule has 0 unspecified atom stereocenters. The third-order valence-corrected chi connectivity index (χ3v) is 2.58. The monoisotopic (exact) mass is 245 g/mol. The Morgan fingerprint density at radius 3 is 2.50 bits per heavy atom. The quantitative estimate of drug-likeness (QED) is 0.899. The number of hydrogen-bond donors (Lipinski definition) is 1. The van der Waals surface area contributed by atoms with Crippen molar-refractivity contribution in [3.05, 3.63) is 47.1 Å². The van der Waals surface area contributed by atoms with E-state index in [2.05, 4.69) is 15.5 Å². The van der Waals surface area contributed by atoms with Crippen molar-refractivity contribution in [2.45, 2.75) is 26.8 Å². The highest BCUT2D eigenvalue weighted by Crippen LogP contribution is 2.11. The maximum atomic E-state index is 11.9. The van der Waals surface area contributed by atoms with E-state index in [-0.39, 0.29) is 11.9 Å². The minimum Gasteiger partial charge on any atom is -0.341 e. The van der Waals surface area contributed by atoms with Crippen LogP contribution in [-0.2, 0) is 0 Å². The van der Waals surface area contributed by atoms with Crippen molar-refractivity contribution in [3.63, 3.8) is 0 Å². The van der Waals surface area contributed by atoms with Gasteiger partial charge in [-0.2, -0.15) is 4.98 Å². The molecule has 0 fully saturated rings. The molecule has 0 spiro atoms. The summed E-state index contributed by atoms with van der Waals surface area (Å²) in [5, 5.41) is 6.50. The third kappa shape index (κ3) is 2.74. The van der Waals surface area contributed by atoms with Crippen LogP contribution in [0.25, 0.3) is 0 Å². The summed E-state index contributed by atoms with van der Waals surface area (Å²) in [5.74, 6) is 0.813. The Balaban J connectivity index is 2.05. The van der Waals surface area contributed by atoms with Crippen LogP contribution in [0.1, 0.15) is 40.6 Å². The summed E-state index contributed by atoms with van der Waals surface area (Å²) < 4.78 is 5.01. The van der Waals surface area contributed by atoms with Crippen molar-refractivity contribution in [3.8, 4) is 0 Å². The molecule has 1 N–H and O–H groups in total. The molecule has 5 heteroatoms. The lowest BCUT2D eigenvalue weighted by Gasteiger charge is -2.09. The zero-order valence-electron chi connectivity index (χ0n) is 10.6. The molecular formula is C13H15N3O2. The van der Waals surface area contributed by atoms with Gasteiger partial charge in [-0.15, -0.1) is 0 Å². The molecule has 0 saturated carbocycles. The number of aromatic nitrogens is 2. The van der Waals surface area contributed by atoms with Crippen LogP contribution in [0.2, 0.25) is 0 Å². The van der Waals surface area contributed by atoms with Gasteiger partial charge in [-0.05, 0) is 32.9 Å². The average molecular weight is 245 g/mol. The van der Waals surface area contributed by atoms with Gasteiger partial charge in [-0.3, -0.25) is 4.79 Å². The molecule has 18 heavy (non-hydrogen) atoms. The van der Waals surface area contributed by atoms with E-state index in [9.17, 15) is 4.79 Å². The summed E-state index contributed by atoms with van der Waals surface area (Å²) in [6, 6.07) is 7.07. The summed E-state index contributed by atoms with van der Waals surface area (Å²) in [6.45, 7) is 5.52. The van der Waals surface area contributed by atoms with Gasteiger partial charge in [0.05, 0.1) is 0 Å². The van der Waals surface area contributed by atoms with Gasteiger partial charge in [0, 0.05) is 5.56 Å². The topological polar surface area (TPSA) is 68.0 Å². The van der Waals surface area contributed by atoms with E-state index < -0.39 is 0 Å². The van der Waals surface area contributed by atoms with Crippen LogP contribution < -0.4 is 5.32 Å². The number of aryl methyl sites for hydroxylation is 2. The predicted molar refractivity (Wildman–Crippen MR) is 66.1 cm³/mol. The molecule has 0 aliphatic carbocycles. The van der Waals surface area contributed by atoms with E-state index in [0.29, 0.717) is 17.3 Å². The Labute approximate surface area is 105 Å². The lowest BCUT2D eigenvalue weighted by molar-refractivity contribution is 0.0932. The summed E-state index contributed by atoms with van der Waals surface area (Å²) >= 11 is 0. The first-order chi connectivity index (χ1) is 8.56. The summed E-state index contributed by atoms with van der Waals surface area (Å²) in [7, 11) is 0. The molecule has 94 valence electrons. The molecule has 1 amide bonds. The number of nitrogens with one attached hydrogen (secondary N) is 1. The van der Waals surface area contributed by atoms with Crippen LogP contribution in [0.4, 0.5) is 0 Å². The highest BCUT2D eigenvalue weighted by molar-refractivity contribution is 5.94. The van der Waals surface area contributed by atoms with E-state index in [4.69, 9.17) is 4.52 Å². The first kappa shape index (κ1) is 12.3. The van der Waals surface area contributed by atoms with Crippen molar-refractivity contribution >= 4 is 5.91 Å². The molecule has 1 atom stereocenters. The highest BCUT2D eigenvalue weighted by atomic mass is 16.5. The Bertz CT molecular complexity index is 546. The Kier molecular flexibility index (Phi) is 3.41. The lowest BCUT2D eigenvalue weighted by atomic mass is 10.1. The fourth-order valence-corrected chi connectivity index (χ4v) is 1.54. The summed E-state index contributed by atoms with van der Waals surface area (Å²) in [6.07, 6.45) is 0. The summed E-state index contributed by atoms with van der Waals surface area (Å²) in [5.41, 5.74) is 1.73. The largest absolute Gasteiger partial charge is 0.341 e. The molecule has 0 aliphatic heterocycles. The van der Waals surface area contributed by atoms with Crippen LogP contribution in [0.3, 0.4) is 0 Å². The second kappa shape index (κ2) is 5.00. The number of nitrogens with zero attached hydrogens (tertiary/aromatic N) is 2. The van der Waals surface area contributed by atoms with E-state index in [1.807, 2.05) is 19.1 Å². The zero-order valence-corrected chi connectivity index (χ0v) is 10.6. The molecule has 0 aliphatic rings. The van der Waals surface area contributed by atoms with Crippen molar-refractivity contribution in [2.75, 3.05) is 0 Å². The number of carbonyl (C=O) groups is 1. The van der Waals surface area contributed by atoms with E-state index in [1.165, 1.54) is 0 Å². The normalized spacial score (nSPS) is 12.2. The minimum atomic E-state index is -0.306. The van der Waals surface area contributed by atoms with Crippen molar-refractivity contribution in [1.29, 1.82) is 0 Å². The second-order valence-electron chi connectivity index (χ2n) is 4.24. The number of rotatable bonds is 3. The highest BCUT2D eigenvalue weighted by Gasteiger charge is 2.16. The van der Waals surface area contributed by atoms with Crippen LogP contribution >= 0.6 is 0 Å². The second-order valence-corrected chi connectivity index (χ2v) is 4.24. The first-order valence-corrected chi connectivity index (χ1v) is 5.74. The van der Waals surface area contributed by atoms with Crippen molar-refractivity contribution < 1.29 is 9.32 Å². The maximum Gasteiger partial charge on any atom is 0.251 e. The third-order valence-electron chi connectivity index (χ3n) is 2.58. The first-order valence-electron chi connectivity index (χ1n) is 5.74. The predicted octanol–water partition coefficient (Wildman–Crippen LogP) is 2.18. The van der Waals surface area contributed by atoms with Crippen LogP contribution in [0, 0.1) is 13.8 Å². The van der Waals surface area contributed by atoms with Crippen molar-refractivity contribution in [2.24, 2.45) is 0 Å². The van der Waals surface area contributed by atoms with Gasteiger partial charge in [0.1, 0.15) is 6.04 Å². The molecular weight excluding hydrogens is 230 g/mol. The van der Waals surface area contributed by atoms with Crippen molar-refractivity contribution in [1.82, 2.24) is 15.5 Å². The molecule has 0 bridgehead atoms. The molecule has 1 heterocycles. The van der Waals surface area contributed by atoms with Crippen LogP contribution in [0.15, 0.2) is 28.8 Å². The molecule has 5 nitrogen and oxygen atoms in total. The standard InChI is InChI=1S/C13H15N3O2/c1-8-4-6-11(7-5-8)12(17)14-9(2)13-15-10(3)16-18-13/h4-7,9H,1-3H3,(H,14,17)/t9-/m1/s1. The SMILES string of the molecule is Cc1ccc(C(=O)N[C@H](C)c2nc(C)no2)cc1. The summed E-state index contributed by atoms with van der Waals surface area (Å²) in [4.78, 5) is 16.0. The van der Waals surface area contributed by atoms with Gasteiger partial charge in [-0.1, -0.05) is 22.9 Å². The fourth-order valence-electron chi connectivity index (χ4n) is 1.54. The van der Waals surface area contributed by atoms with Crippen LogP contribution in [-0.4, -0.2) is 16.0 Å². The lowest BCUT2D eigenvalue weighted by Crippen LogP contribution is -2.26. The smallest absolute Gasteiger partial charge is 0.251 e. The van der Waals surface area contributed by atoms with Gasteiger partial charge in [-0.25, -0.2) is 0 Å². The van der Waals surface area contributed by atoms with Gasteiger partial charge >= 0.3 is 0 Å². The fraction of sp³-hybridized carbons (Fsp3) is 0.308. The molecule has 2 aromatic rings. The van der Waals surface area contributed by atoms with Crippen LogP contribution in [0.5, 0.6) is 0 Å². The average Bonchev–Trinajstić information content (AvgIpc) is 2.76. The van der Waals surface area contributed by atoms with Gasteiger partial charge in [0.25, 0.3) is 5.91 Å². The number of benzene rings is 1.